The maximum atomic E-state index is 11.2. The van der Waals surface area contributed by atoms with Crippen LogP contribution in [0.2, 0.25) is 0 Å². The van der Waals surface area contributed by atoms with Crippen LogP contribution in [0.5, 0.6) is 0 Å². The van der Waals surface area contributed by atoms with Gasteiger partial charge in [0, 0.05) is 38.0 Å². The van der Waals surface area contributed by atoms with Gasteiger partial charge in [-0.2, -0.15) is 0 Å². The van der Waals surface area contributed by atoms with Crippen molar-refractivity contribution in [2.24, 2.45) is 0 Å². The average molecular weight is 311 g/mol. The van der Waals surface area contributed by atoms with Crippen molar-refractivity contribution in [2.45, 2.75) is 38.6 Å². The number of rotatable bonds is 7. The van der Waals surface area contributed by atoms with E-state index in [4.69, 9.17) is 4.98 Å². The molecule has 0 bridgehead atoms. The minimum Gasteiger partial charge on any atom is -0.469 e. The van der Waals surface area contributed by atoms with Crippen LogP contribution in [0, 0.1) is 0 Å². The highest BCUT2D eigenvalue weighted by molar-refractivity contribution is 7.09. The Labute approximate surface area is 130 Å². The molecule has 1 aliphatic heterocycles. The van der Waals surface area contributed by atoms with Gasteiger partial charge in [-0.1, -0.05) is 13.3 Å². The molecule has 6 heteroatoms. The molecule has 118 valence electrons. The molecule has 0 aliphatic carbocycles. The second-order valence-corrected chi connectivity index (χ2v) is 6.23. The van der Waals surface area contributed by atoms with Gasteiger partial charge in [-0.25, -0.2) is 4.98 Å². The first kappa shape index (κ1) is 16.4. The molecule has 1 fully saturated rings. The van der Waals surface area contributed by atoms with Gasteiger partial charge < -0.3 is 10.1 Å². The molecule has 0 saturated carbocycles. The number of nitrogens with zero attached hydrogens (tertiary/aromatic N) is 2. The summed E-state index contributed by atoms with van der Waals surface area (Å²) in [4.78, 5) is 18.5. The molecule has 1 N–H and O–H groups in total. The van der Waals surface area contributed by atoms with E-state index in [0.29, 0.717) is 18.9 Å². The van der Waals surface area contributed by atoms with E-state index in [0.717, 1.165) is 44.7 Å². The first-order valence-corrected chi connectivity index (χ1v) is 8.58. The first-order valence-electron chi connectivity index (χ1n) is 7.70. The summed E-state index contributed by atoms with van der Waals surface area (Å²) in [6.07, 6.45) is 3.38. The van der Waals surface area contributed by atoms with Crippen molar-refractivity contribution >= 4 is 17.3 Å². The molecule has 1 aromatic heterocycles. The smallest absolute Gasteiger partial charge is 0.305 e. The van der Waals surface area contributed by atoms with Crippen LogP contribution in [0.3, 0.4) is 0 Å². The summed E-state index contributed by atoms with van der Waals surface area (Å²) in [5, 5.41) is 6.68. The summed E-state index contributed by atoms with van der Waals surface area (Å²) in [5.74, 6) is -0.170. The number of hydrogen-bond acceptors (Lipinski definition) is 6. The van der Waals surface area contributed by atoms with Crippen LogP contribution in [-0.4, -0.2) is 49.1 Å². The van der Waals surface area contributed by atoms with E-state index in [1.807, 2.05) is 0 Å². The number of methoxy groups -OCH3 is 1. The fourth-order valence-electron chi connectivity index (χ4n) is 2.65. The van der Waals surface area contributed by atoms with E-state index in [9.17, 15) is 4.79 Å². The lowest BCUT2D eigenvalue weighted by Gasteiger charge is -2.33. The normalized spacial score (nSPS) is 17.6. The third-order valence-corrected chi connectivity index (χ3v) is 4.82. The second kappa shape index (κ2) is 8.46. The van der Waals surface area contributed by atoms with Gasteiger partial charge in [0.2, 0.25) is 0 Å². The number of piperazine rings is 1. The summed E-state index contributed by atoms with van der Waals surface area (Å²) < 4.78 is 4.68. The van der Waals surface area contributed by atoms with Crippen LogP contribution in [0.1, 0.15) is 42.9 Å². The van der Waals surface area contributed by atoms with Crippen LogP contribution in [-0.2, 0) is 16.0 Å². The summed E-state index contributed by atoms with van der Waals surface area (Å²) in [6.45, 7) is 6.51. The van der Waals surface area contributed by atoms with Crippen molar-refractivity contribution in [3.8, 4) is 0 Å². The Kier molecular flexibility index (Phi) is 6.60. The zero-order valence-electron chi connectivity index (χ0n) is 12.9. The van der Waals surface area contributed by atoms with E-state index in [2.05, 4.69) is 27.3 Å². The molecule has 1 aromatic rings. The molecular weight excluding hydrogens is 286 g/mol. The lowest BCUT2D eigenvalue weighted by Crippen LogP contribution is -2.45. The van der Waals surface area contributed by atoms with Gasteiger partial charge in [-0.05, 0) is 6.42 Å². The highest BCUT2D eigenvalue weighted by atomic mass is 32.1. The fraction of sp³-hybridized carbons (Fsp3) is 0.733. The highest BCUT2D eigenvalue weighted by Gasteiger charge is 2.24. The largest absolute Gasteiger partial charge is 0.469 e. The number of esters is 1. The Morgan fingerprint density at radius 2 is 2.29 bits per heavy atom. The zero-order valence-corrected chi connectivity index (χ0v) is 13.7. The maximum Gasteiger partial charge on any atom is 0.305 e. The van der Waals surface area contributed by atoms with E-state index in [1.54, 1.807) is 11.3 Å². The van der Waals surface area contributed by atoms with Gasteiger partial charge in [0.15, 0.2) is 0 Å². The molecule has 1 unspecified atom stereocenters. The number of hydrogen-bond donors (Lipinski definition) is 1. The van der Waals surface area contributed by atoms with Crippen LogP contribution < -0.4 is 5.32 Å². The predicted molar refractivity (Wildman–Crippen MR) is 84.5 cm³/mol. The van der Waals surface area contributed by atoms with Crippen molar-refractivity contribution < 1.29 is 9.53 Å². The molecular formula is C15H25N3O2S. The Bertz CT molecular complexity index is 444. The monoisotopic (exact) mass is 311 g/mol. The van der Waals surface area contributed by atoms with Gasteiger partial charge in [0.05, 0.1) is 25.3 Å². The second-order valence-electron chi connectivity index (χ2n) is 5.34. The van der Waals surface area contributed by atoms with Crippen molar-refractivity contribution in [3.05, 3.63) is 16.1 Å². The van der Waals surface area contributed by atoms with Crippen molar-refractivity contribution in [1.82, 2.24) is 15.2 Å². The standard InChI is InChI=1S/C15H25N3O2S/c1-3-4-13(18-9-7-16-8-10-18)15-17-12(11-21-15)5-6-14(19)20-2/h11,13,16H,3-10H2,1-2H3. The lowest BCUT2D eigenvalue weighted by atomic mass is 10.1. The molecule has 2 heterocycles. The topological polar surface area (TPSA) is 54.5 Å². The molecule has 0 radical (unpaired) electrons. The minimum absolute atomic E-state index is 0.170. The molecule has 0 amide bonds. The van der Waals surface area contributed by atoms with Crippen molar-refractivity contribution in [1.29, 1.82) is 0 Å². The minimum atomic E-state index is -0.170. The van der Waals surface area contributed by atoms with Crippen molar-refractivity contribution in [2.75, 3.05) is 33.3 Å². The molecule has 21 heavy (non-hydrogen) atoms. The van der Waals surface area contributed by atoms with Gasteiger partial charge in [0.1, 0.15) is 5.01 Å². The van der Waals surface area contributed by atoms with Crippen LogP contribution in [0.25, 0.3) is 0 Å². The molecule has 5 nitrogen and oxygen atoms in total. The average Bonchev–Trinajstić information content (AvgIpc) is 2.99. The third kappa shape index (κ3) is 4.76. The Morgan fingerprint density at radius 1 is 1.52 bits per heavy atom. The van der Waals surface area contributed by atoms with Crippen LogP contribution in [0.4, 0.5) is 0 Å². The molecule has 0 aromatic carbocycles. The van der Waals surface area contributed by atoms with Crippen molar-refractivity contribution in [3.63, 3.8) is 0 Å². The Balaban J connectivity index is 1.99. The number of nitrogens with one attached hydrogen (secondary N) is 1. The van der Waals surface area contributed by atoms with E-state index in [-0.39, 0.29) is 5.97 Å². The highest BCUT2D eigenvalue weighted by Crippen LogP contribution is 2.29. The molecule has 2 rings (SSSR count). The number of thiazole rings is 1. The van der Waals surface area contributed by atoms with Gasteiger partial charge in [-0.15, -0.1) is 11.3 Å². The van der Waals surface area contributed by atoms with Crippen LogP contribution >= 0.6 is 11.3 Å². The number of aryl methyl sites for hydroxylation is 1. The third-order valence-electron chi connectivity index (χ3n) is 3.82. The number of ether oxygens (including phenoxy) is 1. The number of carbonyl (C=O) groups excluding carboxylic acids is 1. The number of carbonyl (C=O) groups is 1. The SMILES string of the molecule is CCCC(c1nc(CCC(=O)OC)cs1)N1CCNCC1. The lowest BCUT2D eigenvalue weighted by molar-refractivity contribution is -0.140. The summed E-state index contributed by atoms with van der Waals surface area (Å²) in [7, 11) is 1.43. The summed E-state index contributed by atoms with van der Waals surface area (Å²) >= 11 is 1.73. The van der Waals surface area contributed by atoms with Gasteiger partial charge in [0.25, 0.3) is 0 Å². The maximum absolute atomic E-state index is 11.2. The molecule has 1 aliphatic rings. The van der Waals surface area contributed by atoms with Gasteiger partial charge >= 0.3 is 5.97 Å². The summed E-state index contributed by atoms with van der Waals surface area (Å²) in [5.41, 5.74) is 1.01. The Morgan fingerprint density at radius 3 is 2.95 bits per heavy atom. The fourth-order valence-corrected chi connectivity index (χ4v) is 3.67. The predicted octanol–water partition coefficient (Wildman–Crippen LogP) is 2.00. The van der Waals surface area contributed by atoms with E-state index < -0.39 is 0 Å². The van der Waals surface area contributed by atoms with E-state index in [1.165, 1.54) is 12.1 Å². The van der Waals surface area contributed by atoms with Crippen LogP contribution in [0.15, 0.2) is 5.38 Å². The molecule has 1 atom stereocenters. The number of aromatic nitrogens is 1. The van der Waals surface area contributed by atoms with Gasteiger partial charge in [-0.3, -0.25) is 9.69 Å². The zero-order chi connectivity index (χ0) is 15.1. The molecule has 1 saturated heterocycles. The quantitative estimate of drug-likeness (QED) is 0.781. The first-order chi connectivity index (χ1) is 10.2. The summed E-state index contributed by atoms with van der Waals surface area (Å²) in [6, 6.07) is 0.425. The van der Waals surface area contributed by atoms with E-state index >= 15 is 0 Å². The Hall–Kier alpha value is -0.980. The molecule has 0 spiro atoms.